The summed E-state index contributed by atoms with van der Waals surface area (Å²) in [6.45, 7) is 6.76. The van der Waals surface area contributed by atoms with Gasteiger partial charge in [-0.15, -0.1) is 0 Å². The lowest BCUT2D eigenvalue weighted by Crippen LogP contribution is -2.13. The van der Waals surface area contributed by atoms with Crippen LogP contribution in [0.2, 0.25) is 0 Å². The Bertz CT molecular complexity index is 209. The number of hydrogen-bond acceptors (Lipinski definition) is 4. The Morgan fingerprint density at radius 1 is 0.600 bits per heavy atom. The van der Waals surface area contributed by atoms with Crippen molar-refractivity contribution in [2.24, 2.45) is 17.4 Å². The van der Waals surface area contributed by atoms with Crippen LogP contribution in [-0.2, 0) is 0 Å². The van der Waals surface area contributed by atoms with Crippen LogP contribution < -0.4 is 16.9 Å². The SMILES string of the molecule is CC(C)CCCCCCCCCCCCCCCN.NCCCNO. The van der Waals surface area contributed by atoms with E-state index in [-0.39, 0.29) is 0 Å². The summed E-state index contributed by atoms with van der Waals surface area (Å²) in [5, 5.41) is 7.89. The zero-order valence-corrected chi connectivity index (χ0v) is 17.4. The van der Waals surface area contributed by atoms with Crippen LogP contribution >= 0.6 is 0 Å². The lowest BCUT2D eigenvalue weighted by atomic mass is 10.0. The fraction of sp³-hybridized carbons (Fsp3) is 1.00. The van der Waals surface area contributed by atoms with Crippen LogP contribution in [0.25, 0.3) is 0 Å². The highest BCUT2D eigenvalue weighted by molar-refractivity contribution is 4.51. The third-order valence-electron chi connectivity index (χ3n) is 4.48. The minimum absolute atomic E-state index is 0.594. The molecule has 0 radical (unpaired) electrons. The number of nitrogens with two attached hydrogens (primary N) is 2. The second-order valence-corrected chi connectivity index (χ2v) is 7.62. The molecule has 154 valence electrons. The van der Waals surface area contributed by atoms with Crippen molar-refractivity contribution in [1.29, 1.82) is 0 Å². The summed E-state index contributed by atoms with van der Waals surface area (Å²) in [5.41, 5.74) is 12.5. The summed E-state index contributed by atoms with van der Waals surface area (Å²) in [5.74, 6) is 0.893. The van der Waals surface area contributed by atoms with Crippen molar-refractivity contribution in [3.8, 4) is 0 Å². The number of rotatable bonds is 18. The van der Waals surface area contributed by atoms with Crippen molar-refractivity contribution in [3.63, 3.8) is 0 Å². The van der Waals surface area contributed by atoms with E-state index < -0.39 is 0 Å². The van der Waals surface area contributed by atoms with Crippen molar-refractivity contribution in [3.05, 3.63) is 0 Å². The predicted octanol–water partition coefficient (Wildman–Crippen LogP) is 5.38. The summed E-state index contributed by atoms with van der Waals surface area (Å²) in [6, 6.07) is 0. The Kier molecular flexibility index (Phi) is 28.2. The molecule has 0 spiro atoms. The second kappa shape index (κ2) is 26.1. The highest BCUT2D eigenvalue weighted by atomic mass is 16.5. The molecule has 0 aromatic rings. The van der Waals surface area contributed by atoms with Gasteiger partial charge in [0.15, 0.2) is 0 Å². The van der Waals surface area contributed by atoms with Crippen LogP contribution in [0.1, 0.15) is 110 Å². The van der Waals surface area contributed by atoms with E-state index in [9.17, 15) is 0 Å². The Morgan fingerprint density at radius 2 is 0.960 bits per heavy atom. The van der Waals surface area contributed by atoms with Gasteiger partial charge in [-0.1, -0.05) is 97.3 Å². The first kappa shape index (κ1) is 27.1. The Balaban J connectivity index is 0. The third kappa shape index (κ3) is 32.0. The van der Waals surface area contributed by atoms with Gasteiger partial charge in [0.1, 0.15) is 0 Å². The van der Waals surface area contributed by atoms with Crippen LogP contribution in [0.4, 0.5) is 0 Å². The number of nitrogens with one attached hydrogen (secondary N) is 1. The van der Waals surface area contributed by atoms with Crippen LogP contribution in [0, 0.1) is 5.92 Å². The summed E-state index contributed by atoms with van der Waals surface area (Å²) in [6.07, 6.45) is 20.8. The molecule has 0 unspecified atom stereocenters. The smallest absolute Gasteiger partial charge is 0.0219 e. The van der Waals surface area contributed by atoms with E-state index in [1.165, 1.54) is 89.9 Å². The normalized spacial score (nSPS) is 10.8. The minimum Gasteiger partial charge on any atom is -0.330 e. The van der Waals surface area contributed by atoms with Gasteiger partial charge in [0.25, 0.3) is 0 Å². The molecule has 4 heteroatoms. The van der Waals surface area contributed by atoms with Crippen LogP contribution in [0.3, 0.4) is 0 Å². The quantitative estimate of drug-likeness (QED) is 0.196. The third-order valence-corrected chi connectivity index (χ3v) is 4.48. The van der Waals surface area contributed by atoms with E-state index in [1.807, 2.05) is 5.48 Å². The van der Waals surface area contributed by atoms with Crippen molar-refractivity contribution in [2.75, 3.05) is 19.6 Å². The van der Waals surface area contributed by atoms with E-state index in [1.54, 1.807) is 0 Å². The zero-order valence-electron chi connectivity index (χ0n) is 17.4. The van der Waals surface area contributed by atoms with Crippen molar-refractivity contribution >= 4 is 0 Å². The molecule has 25 heavy (non-hydrogen) atoms. The Hall–Kier alpha value is -0.160. The fourth-order valence-electron chi connectivity index (χ4n) is 2.82. The maximum Gasteiger partial charge on any atom is 0.0219 e. The first-order valence-corrected chi connectivity index (χ1v) is 11.0. The molecule has 0 heterocycles. The fourth-order valence-corrected chi connectivity index (χ4v) is 2.82. The van der Waals surface area contributed by atoms with Gasteiger partial charge < -0.3 is 16.7 Å². The van der Waals surface area contributed by atoms with Crippen LogP contribution in [0.5, 0.6) is 0 Å². The van der Waals surface area contributed by atoms with Crippen molar-refractivity contribution in [2.45, 2.75) is 110 Å². The molecule has 0 aromatic heterocycles. The molecular weight excluding hydrogens is 310 g/mol. The van der Waals surface area contributed by atoms with E-state index >= 15 is 0 Å². The lowest BCUT2D eigenvalue weighted by Gasteiger charge is -2.04. The monoisotopic (exact) mass is 359 g/mol. The van der Waals surface area contributed by atoms with E-state index in [4.69, 9.17) is 16.7 Å². The molecule has 0 rings (SSSR count). The summed E-state index contributed by atoms with van der Waals surface area (Å²) in [4.78, 5) is 0. The molecule has 0 atom stereocenters. The molecule has 0 aliphatic heterocycles. The lowest BCUT2D eigenvalue weighted by molar-refractivity contribution is 0.166. The van der Waals surface area contributed by atoms with Crippen LogP contribution in [-0.4, -0.2) is 24.8 Å². The first-order valence-electron chi connectivity index (χ1n) is 11.0. The predicted molar refractivity (Wildman–Crippen MR) is 112 cm³/mol. The minimum atomic E-state index is 0.594. The summed E-state index contributed by atoms with van der Waals surface area (Å²) >= 11 is 0. The molecule has 0 amide bonds. The molecule has 0 aromatic carbocycles. The van der Waals surface area contributed by atoms with Crippen LogP contribution in [0.15, 0.2) is 0 Å². The highest BCUT2D eigenvalue weighted by Crippen LogP contribution is 2.14. The van der Waals surface area contributed by atoms with Gasteiger partial charge in [-0.2, -0.15) is 0 Å². The van der Waals surface area contributed by atoms with E-state index in [0.29, 0.717) is 13.1 Å². The average Bonchev–Trinajstić information content (AvgIpc) is 2.60. The number of hydroxylamine groups is 1. The number of hydrogen-bond donors (Lipinski definition) is 4. The standard InChI is InChI=1S/C18H39N.C3H10N2O/c1-18(2)16-14-12-10-8-6-4-3-5-7-9-11-13-15-17-19;4-2-1-3-5-6/h18H,3-17,19H2,1-2H3;5-6H,1-4H2. The van der Waals surface area contributed by atoms with Gasteiger partial charge in [-0.25, -0.2) is 5.48 Å². The van der Waals surface area contributed by atoms with Gasteiger partial charge >= 0.3 is 0 Å². The van der Waals surface area contributed by atoms with Crippen molar-refractivity contribution in [1.82, 2.24) is 5.48 Å². The highest BCUT2D eigenvalue weighted by Gasteiger charge is 1.95. The largest absolute Gasteiger partial charge is 0.330 e. The number of unbranched alkanes of at least 4 members (excludes halogenated alkanes) is 12. The average molecular weight is 360 g/mol. The Labute approximate surface area is 158 Å². The molecule has 0 aliphatic rings. The van der Waals surface area contributed by atoms with E-state index in [2.05, 4.69) is 13.8 Å². The molecular formula is C21H49N3O. The van der Waals surface area contributed by atoms with Crippen molar-refractivity contribution < 1.29 is 5.21 Å². The van der Waals surface area contributed by atoms with E-state index in [0.717, 1.165) is 18.9 Å². The second-order valence-electron chi connectivity index (χ2n) is 7.62. The molecule has 0 saturated heterocycles. The van der Waals surface area contributed by atoms with Gasteiger partial charge in [0.2, 0.25) is 0 Å². The van der Waals surface area contributed by atoms with Gasteiger partial charge in [0, 0.05) is 6.54 Å². The maximum absolute atomic E-state index is 7.89. The maximum atomic E-state index is 7.89. The van der Waals surface area contributed by atoms with Gasteiger partial charge in [-0.3, -0.25) is 0 Å². The molecule has 0 aliphatic carbocycles. The van der Waals surface area contributed by atoms with Gasteiger partial charge in [0.05, 0.1) is 0 Å². The molecule has 6 N–H and O–H groups in total. The van der Waals surface area contributed by atoms with Gasteiger partial charge in [-0.05, 0) is 31.8 Å². The summed E-state index contributed by atoms with van der Waals surface area (Å²) < 4.78 is 0. The zero-order chi connectivity index (χ0) is 19.0. The summed E-state index contributed by atoms with van der Waals surface area (Å²) in [7, 11) is 0. The topological polar surface area (TPSA) is 84.3 Å². The Morgan fingerprint density at radius 3 is 1.24 bits per heavy atom. The molecule has 0 fully saturated rings. The molecule has 0 bridgehead atoms. The molecule has 4 nitrogen and oxygen atoms in total. The first-order chi connectivity index (χ1) is 12.2. The molecule has 0 saturated carbocycles.